The van der Waals surface area contributed by atoms with Gasteiger partial charge in [0.15, 0.2) is 12.0 Å². The van der Waals surface area contributed by atoms with Crippen molar-refractivity contribution in [3.05, 3.63) is 12.4 Å². The zero-order valence-electron chi connectivity index (χ0n) is 9.32. The predicted octanol–water partition coefficient (Wildman–Crippen LogP) is 5.21. The van der Waals surface area contributed by atoms with Crippen LogP contribution in [0.3, 0.4) is 0 Å². The molecule has 12 heteroatoms. The molecule has 0 radical (unpaired) electrons. The number of halogens is 12. The van der Waals surface area contributed by atoms with Crippen LogP contribution in [0.4, 0.5) is 52.7 Å². The Morgan fingerprint density at radius 2 is 1.10 bits per heavy atom. The first-order valence-corrected chi connectivity index (χ1v) is 4.27. The highest BCUT2D eigenvalue weighted by molar-refractivity contribution is 5.01. The van der Waals surface area contributed by atoms with Crippen molar-refractivity contribution < 1.29 is 52.7 Å². The Morgan fingerprint density at radius 1 is 0.800 bits per heavy atom. The molecule has 0 aromatic rings. The summed E-state index contributed by atoms with van der Waals surface area (Å²) in [4.78, 5) is 0. The first-order chi connectivity index (χ1) is 8.39. The number of hydrogen-bond acceptors (Lipinski definition) is 0. The highest BCUT2D eigenvalue weighted by Gasteiger charge is 2.61. The molecule has 0 saturated carbocycles. The lowest BCUT2D eigenvalue weighted by molar-refractivity contribution is -0.300. The van der Waals surface area contributed by atoms with Crippen molar-refractivity contribution in [3.63, 3.8) is 0 Å². The van der Waals surface area contributed by atoms with Gasteiger partial charge in [-0.2, -0.15) is 43.9 Å². The van der Waals surface area contributed by atoms with E-state index in [9.17, 15) is 52.7 Å². The molecule has 0 bridgehead atoms. The van der Waals surface area contributed by atoms with Crippen molar-refractivity contribution in [2.45, 2.75) is 37.3 Å². The van der Waals surface area contributed by atoms with Crippen LogP contribution in [0.15, 0.2) is 12.4 Å². The Kier molecular flexibility index (Phi) is 6.49. The van der Waals surface area contributed by atoms with Gasteiger partial charge in [-0.15, -0.1) is 0 Å². The van der Waals surface area contributed by atoms with Gasteiger partial charge in [-0.1, -0.05) is 6.58 Å². The smallest absolute Gasteiger partial charge is 0.241 e. The van der Waals surface area contributed by atoms with E-state index in [1.54, 1.807) is 0 Å². The van der Waals surface area contributed by atoms with Crippen LogP contribution >= 0.6 is 0 Å². The second-order valence-electron chi connectivity index (χ2n) is 3.21. The van der Waals surface area contributed by atoms with Crippen molar-refractivity contribution in [2.75, 3.05) is 0 Å². The fourth-order valence-electron chi connectivity index (χ4n) is 0.379. The monoisotopic (exact) mass is 330 g/mol. The summed E-state index contributed by atoms with van der Waals surface area (Å²) in [6.07, 6.45) is -14.9. The van der Waals surface area contributed by atoms with Crippen molar-refractivity contribution in [3.8, 4) is 0 Å². The number of allylic oxidation sites excluding steroid dienone is 1. The highest BCUT2D eigenvalue weighted by Crippen LogP contribution is 2.40. The normalized spacial score (nSPS) is 15.2. The first kappa shape index (κ1) is 21.2. The molecular formula is C8H6F12. The third-order valence-electron chi connectivity index (χ3n) is 1.57. The lowest BCUT2D eigenvalue weighted by Crippen LogP contribution is -2.43. The third kappa shape index (κ3) is 5.12. The van der Waals surface area contributed by atoms with Crippen LogP contribution in [0.1, 0.15) is 6.92 Å². The van der Waals surface area contributed by atoms with Crippen molar-refractivity contribution >= 4 is 0 Å². The Bertz CT molecular complexity index is 319. The zero-order valence-corrected chi connectivity index (χ0v) is 9.32. The fraction of sp³-hybridized carbons (Fsp3) is 0.750. The summed E-state index contributed by atoms with van der Waals surface area (Å²) in [5, 5.41) is 0. The molecule has 0 heterocycles. The summed E-state index contributed by atoms with van der Waals surface area (Å²) in [5.41, 5.74) is 0. The Morgan fingerprint density at radius 3 is 1.10 bits per heavy atom. The van der Waals surface area contributed by atoms with Gasteiger partial charge in [0.1, 0.15) is 0 Å². The molecule has 0 nitrogen and oxygen atoms in total. The average molecular weight is 330 g/mol. The molecule has 0 fully saturated rings. The first-order valence-electron chi connectivity index (χ1n) is 4.27. The van der Waals surface area contributed by atoms with E-state index >= 15 is 0 Å². The molecule has 0 aliphatic carbocycles. The van der Waals surface area contributed by atoms with E-state index in [1.807, 2.05) is 6.58 Å². The number of rotatable bonds is 2. The lowest BCUT2D eigenvalue weighted by Gasteiger charge is -2.19. The molecule has 0 aromatic heterocycles. The van der Waals surface area contributed by atoms with Crippen LogP contribution in [-0.4, -0.2) is 30.4 Å². The number of alkyl halides is 11. The summed E-state index contributed by atoms with van der Waals surface area (Å²) in [6.45, 7) is 2.02. The summed E-state index contributed by atoms with van der Waals surface area (Å²) in [7, 11) is 0. The minimum atomic E-state index is -5.89. The van der Waals surface area contributed by atoms with E-state index < -0.39 is 36.2 Å². The van der Waals surface area contributed by atoms with Crippen molar-refractivity contribution in [2.24, 2.45) is 0 Å². The summed E-state index contributed by atoms with van der Waals surface area (Å²) >= 11 is 0. The van der Waals surface area contributed by atoms with E-state index in [0.717, 1.165) is 0 Å². The molecule has 0 aromatic carbocycles. The molecule has 0 amide bonds. The molecule has 0 saturated heterocycles. The van der Waals surface area contributed by atoms with Gasteiger partial charge in [0, 0.05) is 0 Å². The quantitative estimate of drug-likeness (QED) is 0.610. The van der Waals surface area contributed by atoms with Crippen LogP contribution in [0.5, 0.6) is 0 Å². The summed E-state index contributed by atoms with van der Waals surface area (Å²) in [6, 6.07) is 0. The molecule has 1 atom stereocenters. The van der Waals surface area contributed by atoms with Crippen LogP contribution < -0.4 is 0 Å². The number of hydrogen-bond donors (Lipinski definition) is 0. The molecule has 20 heavy (non-hydrogen) atoms. The molecule has 0 rings (SSSR count). The Balaban J connectivity index is 0. The maximum absolute atomic E-state index is 11.6. The Hall–Kier alpha value is -1.10. The van der Waals surface area contributed by atoms with Gasteiger partial charge in [-0.05, 0) is 6.92 Å². The predicted molar refractivity (Wildman–Crippen MR) is 42.8 cm³/mol. The maximum atomic E-state index is 11.6. The van der Waals surface area contributed by atoms with E-state index in [2.05, 4.69) is 0 Å². The van der Waals surface area contributed by atoms with Gasteiger partial charge in [0.25, 0.3) is 0 Å². The second-order valence-corrected chi connectivity index (χ2v) is 3.21. The van der Waals surface area contributed by atoms with Gasteiger partial charge in [0.05, 0.1) is 0 Å². The SMILES string of the molecule is C=C(F)C(F)(F)C(F)(F)F.CC(F)C(F)(F)C(F)(F)F. The standard InChI is InChI=1S/C4H4F6.C4H2F6/c2*1-2(5)3(6,7)4(8,9)10/h2H,1H3;1H2. The largest absolute Gasteiger partial charge is 0.460 e. The fourth-order valence-corrected chi connectivity index (χ4v) is 0.379. The molecule has 122 valence electrons. The summed E-state index contributed by atoms with van der Waals surface area (Å²) in [5.74, 6) is -13.3. The molecule has 0 aliphatic rings. The van der Waals surface area contributed by atoms with Gasteiger partial charge < -0.3 is 0 Å². The van der Waals surface area contributed by atoms with Gasteiger partial charge in [-0.3, -0.25) is 0 Å². The van der Waals surface area contributed by atoms with E-state index in [1.165, 1.54) is 0 Å². The summed E-state index contributed by atoms with van der Waals surface area (Å²) < 4.78 is 135. The van der Waals surface area contributed by atoms with Crippen LogP contribution in [0.2, 0.25) is 0 Å². The van der Waals surface area contributed by atoms with Crippen LogP contribution in [0.25, 0.3) is 0 Å². The molecular weight excluding hydrogens is 324 g/mol. The molecule has 0 N–H and O–H groups in total. The molecule has 0 aliphatic heterocycles. The zero-order chi connectivity index (χ0) is 17.2. The second kappa shape index (κ2) is 6.12. The maximum Gasteiger partial charge on any atom is 0.460 e. The van der Waals surface area contributed by atoms with Crippen LogP contribution in [-0.2, 0) is 0 Å². The third-order valence-corrected chi connectivity index (χ3v) is 1.57. The average Bonchev–Trinajstić information content (AvgIpc) is 2.14. The van der Waals surface area contributed by atoms with E-state index in [-0.39, 0.29) is 6.92 Å². The van der Waals surface area contributed by atoms with E-state index in [0.29, 0.717) is 0 Å². The lowest BCUT2D eigenvalue weighted by atomic mass is 10.2. The van der Waals surface area contributed by atoms with Gasteiger partial charge >= 0.3 is 24.2 Å². The van der Waals surface area contributed by atoms with Crippen molar-refractivity contribution in [1.29, 1.82) is 0 Å². The van der Waals surface area contributed by atoms with Crippen LogP contribution in [0, 0.1) is 0 Å². The highest BCUT2D eigenvalue weighted by atomic mass is 19.4. The minimum Gasteiger partial charge on any atom is -0.241 e. The minimum absolute atomic E-state index is 0.160. The van der Waals surface area contributed by atoms with Crippen molar-refractivity contribution in [1.82, 2.24) is 0 Å². The molecule has 0 spiro atoms. The van der Waals surface area contributed by atoms with Gasteiger partial charge in [0.2, 0.25) is 0 Å². The Labute approximate surface area is 104 Å². The van der Waals surface area contributed by atoms with Gasteiger partial charge in [-0.25, -0.2) is 8.78 Å². The topological polar surface area (TPSA) is 0 Å². The van der Waals surface area contributed by atoms with E-state index in [4.69, 9.17) is 0 Å². The molecule has 1 unspecified atom stereocenters.